The summed E-state index contributed by atoms with van der Waals surface area (Å²) in [6, 6.07) is 5.92. The number of pyridine rings is 1. The number of amides is 2. The number of halogens is 4. The quantitative estimate of drug-likeness (QED) is 0.727. The summed E-state index contributed by atoms with van der Waals surface area (Å²) >= 11 is 0. The number of benzene rings is 1. The van der Waals surface area contributed by atoms with Gasteiger partial charge in [-0.2, -0.15) is 13.2 Å². The summed E-state index contributed by atoms with van der Waals surface area (Å²) in [7, 11) is 0. The molecule has 6 nitrogen and oxygen atoms in total. The van der Waals surface area contributed by atoms with Crippen molar-refractivity contribution in [1.82, 2.24) is 4.98 Å². The van der Waals surface area contributed by atoms with Crippen LogP contribution in [0.2, 0.25) is 0 Å². The molecule has 30 heavy (non-hydrogen) atoms. The Kier molecular flexibility index (Phi) is 6.23. The van der Waals surface area contributed by atoms with E-state index in [1.54, 1.807) is 0 Å². The van der Waals surface area contributed by atoms with Crippen LogP contribution in [0.25, 0.3) is 0 Å². The molecule has 1 aromatic carbocycles. The summed E-state index contributed by atoms with van der Waals surface area (Å²) in [4.78, 5) is 29.1. The zero-order chi connectivity index (χ0) is 21.9. The molecule has 2 amide bonds. The second-order valence-electron chi connectivity index (χ2n) is 7.02. The first kappa shape index (κ1) is 21.5. The second-order valence-corrected chi connectivity index (χ2v) is 7.02. The highest BCUT2D eigenvalue weighted by atomic mass is 19.4. The fraction of sp³-hybridized carbons (Fsp3) is 0.350. The lowest BCUT2D eigenvalue weighted by molar-refractivity contribution is -0.137. The Morgan fingerprint density at radius 3 is 2.67 bits per heavy atom. The van der Waals surface area contributed by atoms with E-state index in [0.717, 1.165) is 12.1 Å². The van der Waals surface area contributed by atoms with Gasteiger partial charge in [-0.05, 0) is 43.2 Å². The lowest BCUT2D eigenvalue weighted by Crippen LogP contribution is -2.42. The summed E-state index contributed by atoms with van der Waals surface area (Å²) < 4.78 is 54.0. The molecule has 160 valence electrons. The Morgan fingerprint density at radius 2 is 1.97 bits per heavy atom. The van der Waals surface area contributed by atoms with Gasteiger partial charge in [-0.1, -0.05) is 0 Å². The average molecular weight is 424 g/mol. The van der Waals surface area contributed by atoms with Crippen LogP contribution in [0.4, 0.5) is 34.8 Å². The zero-order valence-corrected chi connectivity index (χ0v) is 16.1. The summed E-state index contributed by atoms with van der Waals surface area (Å²) in [5.41, 5.74) is -0.662. The molecule has 3 rings (SSSR count). The molecule has 1 saturated heterocycles. The highest BCUT2D eigenvalue weighted by Crippen LogP contribution is 2.36. The van der Waals surface area contributed by atoms with Crippen LogP contribution in [0.5, 0.6) is 0 Å². The third-order valence-electron chi connectivity index (χ3n) is 4.73. The lowest BCUT2D eigenvalue weighted by atomic mass is 9.96. The molecule has 0 radical (unpaired) electrons. The van der Waals surface area contributed by atoms with E-state index < -0.39 is 29.4 Å². The van der Waals surface area contributed by atoms with Crippen molar-refractivity contribution in [1.29, 1.82) is 0 Å². The van der Waals surface area contributed by atoms with Gasteiger partial charge in [0.2, 0.25) is 11.8 Å². The van der Waals surface area contributed by atoms with E-state index in [4.69, 9.17) is 0 Å². The maximum Gasteiger partial charge on any atom is 0.419 e. The van der Waals surface area contributed by atoms with Crippen molar-refractivity contribution in [3.63, 3.8) is 0 Å². The second kappa shape index (κ2) is 8.68. The first-order valence-corrected chi connectivity index (χ1v) is 9.30. The molecular weight excluding hydrogens is 404 g/mol. The van der Waals surface area contributed by atoms with Gasteiger partial charge in [-0.15, -0.1) is 0 Å². The molecule has 1 aromatic heterocycles. The Hall–Kier alpha value is -3.17. The number of piperidine rings is 1. The third-order valence-corrected chi connectivity index (χ3v) is 4.73. The molecule has 1 unspecified atom stereocenters. The maximum atomic E-state index is 14.1. The Labute approximate surface area is 170 Å². The van der Waals surface area contributed by atoms with Crippen LogP contribution in [0.1, 0.15) is 25.3 Å². The summed E-state index contributed by atoms with van der Waals surface area (Å²) in [6.07, 6.45) is -2.35. The molecule has 0 bridgehead atoms. The fourth-order valence-electron chi connectivity index (χ4n) is 3.39. The van der Waals surface area contributed by atoms with Crippen LogP contribution in [-0.2, 0) is 15.8 Å². The molecular formula is C20H20F4N4O2. The number of aromatic nitrogens is 1. The van der Waals surface area contributed by atoms with Crippen LogP contribution in [0.3, 0.4) is 0 Å². The Balaban J connectivity index is 1.75. The number of nitrogens with one attached hydrogen (secondary N) is 2. The number of alkyl halides is 3. The molecule has 10 heteroatoms. The topological polar surface area (TPSA) is 74.3 Å². The van der Waals surface area contributed by atoms with Gasteiger partial charge in [0.05, 0.1) is 17.2 Å². The molecule has 0 saturated carbocycles. The van der Waals surface area contributed by atoms with Crippen LogP contribution < -0.4 is 15.5 Å². The fourth-order valence-corrected chi connectivity index (χ4v) is 3.39. The average Bonchev–Trinajstić information content (AvgIpc) is 2.69. The largest absolute Gasteiger partial charge is 0.419 e. The normalized spacial score (nSPS) is 16.8. The van der Waals surface area contributed by atoms with Crippen molar-refractivity contribution >= 4 is 29.0 Å². The molecule has 2 heterocycles. The number of anilines is 3. The summed E-state index contributed by atoms with van der Waals surface area (Å²) in [5.74, 6) is -2.41. The maximum absolute atomic E-state index is 14.1. The van der Waals surface area contributed by atoms with E-state index in [1.165, 1.54) is 36.2 Å². The monoisotopic (exact) mass is 424 g/mol. The molecule has 1 aliphatic heterocycles. The smallest absolute Gasteiger partial charge is 0.355 e. The minimum atomic E-state index is -4.56. The van der Waals surface area contributed by atoms with E-state index in [-0.39, 0.29) is 24.0 Å². The van der Waals surface area contributed by atoms with Gasteiger partial charge >= 0.3 is 6.18 Å². The van der Waals surface area contributed by atoms with Crippen LogP contribution in [0.15, 0.2) is 36.5 Å². The number of hydrogen-bond acceptors (Lipinski definition) is 4. The van der Waals surface area contributed by atoms with Crippen LogP contribution in [0, 0.1) is 11.7 Å². The van der Waals surface area contributed by atoms with Gasteiger partial charge in [0.25, 0.3) is 0 Å². The minimum Gasteiger partial charge on any atom is -0.355 e. The van der Waals surface area contributed by atoms with Gasteiger partial charge < -0.3 is 15.5 Å². The number of carbonyl (C=O) groups is 2. The molecule has 0 aliphatic carbocycles. The van der Waals surface area contributed by atoms with Crippen LogP contribution >= 0.6 is 0 Å². The molecule has 0 spiro atoms. The van der Waals surface area contributed by atoms with Crippen LogP contribution in [-0.4, -0.2) is 29.9 Å². The number of rotatable bonds is 4. The predicted octanol–water partition coefficient (Wildman–Crippen LogP) is 4.05. The van der Waals surface area contributed by atoms with Crippen molar-refractivity contribution in [3.05, 3.63) is 47.9 Å². The Bertz CT molecular complexity index is 949. The number of hydrogen-bond donors (Lipinski definition) is 2. The van der Waals surface area contributed by atoms with Crippen molar-refractivity contribution in [3.8, 4) is 0 Å². The van der Waals surface area contributed by atoms with Gasteiger partial charge in [0.15, 0.2) is 0 Å². The Morgan fingerprint density at radius 1 is 1.20 bits per heavy atom. The van der Waals surface area contributed by atoms with E-state index in [9.17, 15) is 27.2 Å². The van der Waals surface area contributed by atoms with E-state index >= 15 is 0 Å². The van der Waals surface area contributed by atoms with Crippen molar-refractivity contribution in [2.45, 2.75) is 25.9 Å². The summed E-state index contributed by atoms with van der Waals surface area (Å²) in [5, 5.41) is 4.97. The standard InChI is InChI=1S/C20H20F4N4O2/c1-12(29)26-14-6-7-16(21)17(10-14)27-19(30)13-4-3-9-28(11-13)18-15(20(22,23)24)5-2-8-25-18/h2,5-8,10,13H,3-4,9,11H2,1H3,(H,26,29)(H,27,30). The molecule has 1 aliphatic rings. The molecule has 2 aromatic rings. The van der Waals surface area contributed by atoms with Gasteiger partial charge in [-0.25, -0.2) is 9.37 Å². The number of nitrogens with zero attached hydrogens (tertiary/aromatic N) is 2. The van der Waals surface area contributed by atoms with Crippen molar-refractivity contribution in [2.24, 2.45) is 5.92 Å². The predicted molar refractivity (Wildman–Crippen MR) is 104 cm³/mol. The van der Waals surface area contributed by atoms with Gasteiger partial charge in [0, 0.05) is 31.9 Å². The summed E-state index contributed by atoms with van der Waals surface area (Å²) in [6.45, 7) is 1.65. The van der Waals surface area contributed by atoms with E-state index in [0.29, 0.717) is 25.1 Å². The zero-order valence-electron chi connectivity index (χ0n) is 16.1. The third kappa shape index (κ3) is 5.05. The highest BCUT2D eigenvalue weighted by molar-refractivity contribution is 5.95. The molecule has 1 atom stereocenters. The first-order chi connectivity index (χ1) is 14.1. The van der Waals surface area contributed by atoms with Gasteiger partial charge in [0.1, 0.15) is 11.6 Å². The lowest BCUT2D eigenvalue weighted by Gasteiger charge is -2.34. The van der Waals surface area contributed by atoms with Gasteiger partial charge in [-0.3, -0.25) is 9.59 Å². The van der Waals surface area contributed by atoms with Crippen molar-refractivity contribution in [2.75, 3.05) is 28.6 Å². The molecule has 2 N–H and O–H groups in total. The van der Waals surface area contributed by atoms with E-state index in [2.05, 4.69) is 15.6 Å². The first-order valence-electron chi connectivity index (χ1n) is 9.30. The SMILES string of the molecule is CC(=O)Nc1ccc(F)c(NC(=O)C2CCCN(c3ncccc3C(F)(F)F)C2)c1. The number of carbonyl (C=O) groups excluding carboxylic acids is 2. The minimum absolute atomic E-state index is 0.0267. The van der Waals surface area contributed by atoms with E-state index in [1.807, 2.05) is 0 Å². The highest BCUT2D eigenvalue weighted by Gasteiger charge is 2.37. The van der Waals surface area contributed by atoms with Crippen molar-refractivity contribution < 1.29 is 27.2 Å². The molecule has 1 fully saturated rings.